The van der Waals surface area contributed by atoms with Crippen LogP contribution in [0.3, 0.4) is 0 Å². The van der Waals surface area contributed by atoms with Gasteiger partial charge in [0.25, 0.3) is 5.91 Å². The summed E-state index contributed by atoms with van der Waals surface area (Å²) in [4.78, 5) is 32.9. The Morgan fingerprint density at radius 1 is 1.44 bits per heavy atom. The molecule has 2 aromatic rings. The van der Waals surface area contributed by atoms with Crippen LogP contribution < -0.4 is 9.64 Å². The second-order valence-corrected chi connectivity index (χ2v) is 7.27. The average Bonchev–Trinajstić information content (AvgIpc) is 3.10. The SMILES string of the molecule is Cc1nc(C2CCCN(C(=O)CN3C(=O)COc4ccc(Cl)cc43)C2)n[nH]1. The molecule has 1 fully saturated rings. The van der Waals surface area contributed by atoms with Crippen LogP contribution in [0.5, 0.6) is 5.75 Å². The fraction of sp³-hybridized carbons (Fsp3) is 0.444. The van der Waals surface area contributed by atoms with Crippen molar-refractivity contribution >= 4 is 29.1 Å². The van der Waals surface area contributed by atoms with E-state index in [4.69, 9.17) is 16.3 Å². The Labute approximate surface area is 161 Å². The van der Waals surface area contributed by atoms with Crippen LogP contribution in [0.1, 0.15) is 30.4 Å². The third kappa shape index (κ3) is 3.62. The Bertz CT molecular complexity index is 884. The van der Waals surface area contributed by atoms with Gasteiger partial charge in [-0.1, -0.05) is 11.6 Å². The van der Waals surface area contributed by atoms with Crippen LogP contribution in [0, 0.1) is 6.92 Å². The van der Waals surface area contributed by atoms with Crippen molar-refractivity contribution in [2.45, 2.75) is 25.7 Å². The number of aryl methyl sites for hydroxylation is 1. The van der Waals surface area contributed by atoms with Gasteiger partial charge >= 0.3 is 0 Å². The molecule has 2 aliphatic heterocycles. The molecule has 4 rings (SSSR count). The minimum atomic E-state index is -0.253. The standard InChI is InChI=1S/C18H20ClN5O3/c1-11-20-18(22-21-11)12-3-2-6-23(8-12)16(25)9-24-14-7-13(19)4-5-15(14)27-10-17(24)26/h4-5,7,12H,2-3,6,8-10H2,1H3,(H,20,21,22). The fourth-order valence-electron chi connectivity index (χ4n) is 3.54. The number of anilines is 1. The van der Waals surface area contributed by atoms with Crippen LogP contribution >= 0.6 is 11.6 Å². The van der Waals surface area contributed by atoms with Crippen molar-refractivity contribution in [3.63, 3.8) is 0 Å². The van der Waals surface area contributed by atoms with E-state index in [1.807, 2.05) is 6.92 Å². The first-order chi connectivity index (χ1) is 13.0. The first kappa shape index (κ1) is 17.8. The number of benzene rings is 1. The van der Waals surface area contributed by atoms with Crippen LogP contribution in [-0.2, 0) is 9.59 Å². The number of aromatic amines is 1. The highest BCUT2D eigenvalue weighted by Gasteiger charge is 2.32. The minimum absolute atomic E-state index is 0.0325. The number of hydrogen-bond acceptors (Lipinski definition) is 5. The molecule has 0 bridgehead atoms. The number of halogens is 1. The second kappa shape index (κ2) is 7.19. The van der Waals surface area contributed by atoms with Gasteiger partial charge < -0.3 is 9.64 Å². The zero-order valence-corrected chi connectivity index (χ0v) is 15.7. The number of likely N-dealkylation sites (tertiary alicyclic amines) is 1. The molecule has 0 radical (unpaired) electrons. The Morgan fingerprint density at radius 3 is 3.07 bits per heavy atom. The predicted octanol–water partition coefficient (Wildman–Crippen LogP) is 1.90. The lowest BCUT2D eigenvalue weighted by Gasteiger charge is -2.34. The fourth-order valence-corrected chi connectivity index (χ4v) is 3.71. The van der Waals surface area contributed by atoms with E-state index in [1.165, 1.54) is 4.90 Å². The number of ether oxygens (including phenoxy) is 1. The maximum absolute atomic E-state index is 12.9. The molecular weight excluding hydrogens is 370 g/mol. The molecule has 2 amide bonds. The lowest BCUT2D eigenvalue weighted by Crippen LogP contribution is -2.48. The van der Waals surface area contributed by atoms with Crippen LogP contribution in [0.2, 0.25) is 5.02 Å². The summed E-state index contributed by atoms with van der Waals surface area (Å²) in [6.07, 6.45) is 1.82. The van der Waals surface area contributed by atoms with E-state index >= 15 is 0 Å². The van der Waals surface area contributed by atoms with E-state index in [9.17, 15) is 9.59 Å². The third-order valence-electron chi connectivity index (χ3n) is 4.91. The second-order valence-electron chi connectivity index (χ2n) is 6.84. The molecular formula is C18H20ClN5O3. The molecule has 0 aliphatic carbocycles. The van der Waals surface area contributed by atoms with Crippen molar-refractivity contribution in [3.8, 4) is 5.75 Å². The first-order valence-electron chi connectivity index (χ1n) is 8.90. The molecule has 1 atom stereocenters. The van der Waals surface area contributed by atoms with Crippen molar-refractivity contribution < 1.29 is 14.3 Å². The molecule has 1 aromatic heterocycles. The van der Waals surface area contributed by atoms with Gasteiger partial charge in [-0.15, -0.1) is 0 Å². The monoisotopic (exact) mass is 389 g/mol. The molecule has 2 aliphatic rings. The van der Waals surface area contributed by atoms with Crippen LogP contribution in [0.15, 0.2) is 18.2 Å². The molecule has 1 aromatic carbocycles. The number of nitrogens with one attached hydrogen (secondary N) is 1. The van der Waals surface area contributed by atoms with Gasteiger partial charge in [-0.3, -0.25) is 19.6 Å². The summed E-state index contributed by atoms with van der Waals surface area (Å²) < 4.78 is 5.43. The van der Waals surface area contributed by atoms with E-state index in [1.54, 1.807) is 23.1 Å². The van der Waals surface area contributed by atoms with Gasteiger partial charge in [0.05, 0.1) is 5.69 Å². The quantitative estimate of drug-likeness (QED) is 0.865. The minimum Gasteiger partial charge on any atom is -0.482 e. The molecule has 3 heterocycles. The van der Waals surface area contributed by atoms with Gasteiger partial charge in [0.15, 0.2) is 12.4 Å². The molecule has 1 N–H and O–H groups in total. The van der Waals surface area contributed by atoms with E-state index in [2.05, 4.69) is 15.2 Å². The summed E-state index contributed by atoms with van der Waals surface area (Å²) in [7, 11) is 0. The number of piperidine rings is 1. The van der Waals surface area contributed by atoms with Gasteiger partial charge in [0, 0.05) is 24.0 Å². The van der Waals surface area contributed by atoms with E-state index in [-0.39, 0.29) is 30.9 Å². The first-order valence-corrected chi connectivity index (χ1v) is 9.28. The van der Waals surface area contributed by atoms with Gasteiger partial charge in [-0.2, -0.15) is 5.10 Å². The zero-order valence-electron chi connectivity index (χ0n) is 14.9. The average molecular weight is 390 g/mol. The largest absolute Gasteiger partial charge is 0.482 e. The molecule has 0 spiro atoms. The highest BCUT2D eigenvalue weighted by molar-refractivity contribution is 6.31. The lowest BCUT2D eigenvalue weighted by molar-refractivity contribution is -0.133. The molecule has 8 nitrogen and oxygen atoms in total. The predicted molar refractivity (Wildman–Crippen MR) is 99.0 cm³/mol. The molecule has 142 valence electrons. The summed E-state index contributed by atoms with van der Waals surface area (Å²) in [5.41, 5.74) is 0.533. The molecule has 1 saturated heterocycles. The number of amides is 2. The van der Waals surface area contributed by atoms with Crippen LogP contribution in [-0.4, -0.2) is 58.1 Å². The molecule has 0 saturated carbocycles. The molecule has 27 heavy (non-hydrogen) atoms. The maximum Gasteiger partial charge on any atom is 0.265 e. The Hall–Kier alpha value is -2.61. The zero-order chi connectivity index (χ0) is 19.0. The summed E-state index contributed by atoms with van der Waals surface area (Å²) in [6, 6.07) is 5.06. The number of hydrogen-bond donors (Lipinski definition) is 1. The van der Waals surface area contributed by atoms with Gasteiger partial charge in [-0.05, 0) is 38.0 Å². The lowest BCUT2D eigenvalue weighted by atomic mass is 9.97. The van der Waals surface area contributed by atoms with E-state index in [0.29, 0.717) is 29.5 Å². The third-order valence-corrected chi connectivity index (χ3v) is 5.15. The topological polar surface area (TPSA) is 91.4 Å². The van der Waals surface area contributed by atoms with Crippen molar-refractivity contribution in [3.05, 3.63) is 34.9 Å². The highest BCUT2D eigenvalue weighted by atomic mass is 35.5. The van der Waals surface area contributed by atoms with Crippen LogP contribution in [0.25, 0.3) is 0 Å². The molecule has 9 heteroatoms. The summed E-state index contributed by atoms with van der Waals surface area (Å²) in [6.45, 7) is 2.96. The van der Waals surface area contributed by atoms with E-state index in [0.717, 1.165) is 24.5 Å². The van der Waals surface area contributed by atoms with Gasteiger partial charge in [-0.25, -0.2) is 4.98 Å². The Balaban J connectivity index is 1.49. The van der Waals surface area contributed by atoms with Crippen molar-refractivity contribution in [2.24, 2.45) is 0 Å². The number of rotatable bonds is 3. The van der Waals surface area contributed by atoms with Gasteiger partial charge in [0.2, 0.25) is 5.91 Å². The number of aromatic nitrogens is 3. The summed E-state index contributed by atoms with van der Waals surface area (Å²) in [5.74, 6) is 1.81. The number of fused-ring (bicyclic) bond motifs is 1. The van der Waals surface area contributed by atoms with Crippen molar-refractivity contribution in [1.82, 2.24) is 20.1 Å². The van der Waals surface area contributed by atoms with E-state index < -0.39 is 0 Å². The molecule has 1 unspecified atom stereocenters. The summed E-state index contributed by atoms with van der Waals surface area (Å²) >= 11 is 6.06. The maximum atomic E-state index is 12.9. The van der Waals surface area contributed by atoms with Crippen molar-refractivity contribution in [2.75, 3.05) is 31.1 Å². The van der Waals surface area contributed by atoms with Gasteiger partial charge in [0.1, 0.15) is 18.1 Å². The number of carbonyl (C=O) groups is 2. The number of H-pyrrole nitrogens is 1. The van der Waals surface area contributed by atoms with Crippen molar-refractivity contribution in [1.29, 1.82) is 0 Å². The highest BCUT2D eigenvalue weighted by Crippen LogP contribution is 2.34. The normalized spacial score (nSPS) is 19.6. The number of nitrogens with zero attached hydrogens (tertiary/aromatic N) is 4. The Kier molecular flexibility index (Phi) is 4.73. The smallest absolute Gasteiger partial charge is 0.265 e. The summed E-state index contributed by atoms with van der Waals surface area (Å²) in [5, 5.41) is 7.57. The Morgan fingerprint density at radius 2 is 2.30 bits per heavy atom. The van der Waals surface area contributed by atoms with Crippen LogP contribution in [0.4, 0.5) is 5.69 Å². The number of carbonyl (C=O) groups excluding carboxylic acids is 2.